The molecule has 0 spiro atoms. The highest BCUT2D eigenvalue weighted by atomic mass is 32.1. The number of nitrogens with one attached hydrogen (secondary N) is 1. The van der Waals surface area contributed by atoms with Crippen molar-refractivity contribution in [1.82, 2.24) is 10.3 Å². The van der Waals surface area contributed by atoms with Crippen LogP contribution in [0.1, 0.15) is 54.6 Å². The largest absolute Gasteiger partial charge is 0.434 e. The van der Waals surface area contributed by atoms with Crippen molar-refractivity contribution in [3.05, 3.63) is 15.6 Å². The average Bonchev–Trinajstić information content (AvgIpc) is 3.02. The van der Waals surface area contributed by atoms with Gasteiger partial charge < -0.3 is 5.32 Å². The van der Waals surface area contributed by atoms with Crippen LogP contribution in [0.4, 0.5) is 13.2 Å². The first-order chi connectivity index (χ1) is 8.41. The molecule has 1 aliphatic rings. The fraction of sp³-hybridized carbons (Fsp3) is 0.750. The van der Waals surface area contributed by atoms with E-state index in [1.54, 1.807) is 0 Å². The zero-order chi connectivity index (χ0) is 13.3. The smallest absolute Gasteiger partial charge is 0.309 e. The van der Waals surface area contributed by atoms with Crippen molar-refractivity contribution >= 4 is 11.3 Å². The van der Waals surface area contributed by atoms with Gasteiger partial charge in [-0.25, -0.2) is 4.98 Å². The van der Waals surface area contributed by atoms with Gasteiger partial charge in [0.05, 0.1) is 9.88 Å². The lowest BCUT2D eigenvalue weighted by Crippen LogP contribution is -2.18. The molecule has 1 saturated carbocycles. The minimum atomic E-state index is -4.34. The van der Waals surface area contributed by atoms with Gasteiger partial charge in [-0.1, -0.05) is 13.8 Å². The topological polar surface area (TPSA) is 24.9 Å². The molecule has 0 aliphatic heterocycles. The summed E-state index contributed by atoms with van der Waals surface area (Å²) in [6.07, 6.45) is -1.40. The number of halogens is 3. The Morgan fingerprint density at radius 3 is 2.61 bits per heavy atom. The van der Waals surface area contributed by atoms with Crippen molar-refractivity contribution < 1.29 is 13.2 Å². The summed E-state index contributed by atoms with van der Waals surface area (Å²) in [6.45, 7) is 4.16. The summed E-state index contributed by atoms with van der Waals surface area (Å²) in [5.74, 6) is 0.0887. The molecule has 2 nitrogen and oxygen atoms in total. The van der Waals surface area contributed by atoms with Gasteiger partial charge in [0.2, 0.25) is 0 Å². The van der Waals surface area contributed by atoms with Gasteiger partial charge in [-0.3, -0.25) is 0 Å². The Labute approximate surface area is 109 Å². The normalized spacial score (nSPS) is 18.1. The molecule has 1 aromatic rings. The lowest BCUT2D eigenvalue weighted by atomic mass is 10.1. The van der Waals surface area contributed by atoms with E-state index < -0.39 is 11.9 Å². The van der Waals surface area contributed by atoms with Gasteiger partial charge in [-0.05, 0) is 19.3 Å². The van der Waals surface area contributed by atoms with Crippen LogP contribution >= 0.6 is 11.3 Å². The quantitative estimate of drug-likeness (QED) is 0.882. The Bertz CT molecular complexity index is 410. The molecule has 0 aromatic carbocycles. The molecule has 6 heteroatoms. The first-order valence-corrected chi connectivity index (χ1v) is 7.03. The van der Waals surface area contributed by atoms with Gasteiger partial charge in [0, 0.05) is 18.5 Å². The Hall–Kier alpha value is -0.620. The zero-order valence-corrected chi connectivity index (χ0v) is 11.3. The summed E-state index contributed by atoms with van der Waals surface area (Å²) in [6, 6.07) is 0.403. The van der Waals surface area contributed by atoms with E-state index in [4.69, 9.17) is 0 Å². The first-order valence-electron chi connectivity index (χ1n) is 6.22. The number of alkyl halides is 3. The van der Waals surface area contributed by atoms with Gasteiger partial charge in [0.25, 0.3) is 0 Å². The minimum absolute atomic E-state index is 0.0887. The lowest BCUT2D eigenvalue weighted by Gasteiger charge is -2.06. The zero-order valence-electron chi connectivity index (χ0n) is 10.5. The summed E-state index contributed by atoms with van der Waals surface area (Å²) >= 11 is 1.20. The Balaban J connectivity index is 2.20. The number of aromatic nitrogens is 1. The second-order valence-electron chi connectivity index (χ2n) is 4.79. The third kappa shape index (κ3) is 3.23. The maximum Gasteiger partial charge on any atom is 0.434 e. The molecule has 0 saturated heterocycles. The van der Waals surface area contributed by atoms with Gasteiger partial charge >= 0.3 is 6.18 Å². The van der Waals surface area contributed by atoms with E-state index in [1.165, 1.54) is 11.3 Å². The van der Waals surface area contributed by atoms with Crippen LogP contribution in [-0.2, 0) is 12.7 Å². The first kappa shape index (κ1) is 13.8. The number of rotatable bonds is 5. The molecular formula is C12H17F3N2S. The monoisotopic (exact) mass is 278 g/mol. The Morgan fingerprint density at radius 2 is 2.11 bits per heavy atom. The van der Waals surface area contributed by atoms with Crippen molar-refractivity contribution in [1.29, 1.82) is 0 Å². The fourth-order valence-electron chi connectivity index (χ4n) is 1.62. The van der Waals surface area contributed by atoms with Crippen LogP contribution < -0.4 is 5.32 Å². The third-order valence-electron chi connectivity index (χ3n) is 3.14. The number of thiazole rings is 1. The summed E-state index contributed by atoms with van der Waals surface area (Å²) in [5, 5.41) is 3.72. The van der Waals surface area contributed by atoms with E-state index in [-0.39, 0.29) is 12.5 Å². The molecule has 102 valence electrons. The van der Waals surface area contributed by atoms with E-state index in [0.29, 0.717) is 15.9 Å². The number of hydrogen-bond acceptors (Lipinski definition) is 3. The van der Waals surface area contributed by atoms with Crippen LogP contribution in [-0.4, -0.2) is 11.0 Å². The van der Waals surface area contributed by atoms with E-state index in [2.05, 4.69) is 10.3 Å². The van der Waals surface area contributed by atoms with Crippen LogP contribution in [0, 0.1) is 0 Å². The highest BCUT2D eigenvalue weighted by Gasteiger charge is 2.38. The van der Waals surface area contributed by atoms with Crippen LogP contribution in [0.15, 0.2) is 0 Å². The molecule has 1 heterocycles. The molecule has 1 unspecified atom stereocenters. The highest BCUT2D eigenvalue weighted by Crippen LogP contribution is 2.37. The highest BCUT2D eigenvalue weighted by molar-refractivity contribution is 7.11. The SMILES string of the molecule is CCC(C)c1nc(C(F)(F)F)c(CNC2CC2)s1. The summed E-state index contributed by atoms with van der Waals surface area (Å²) < 4.78 is 38.7. The number of nitrogens with zero attached hydrogens (tertiary/aromatic N) is 1. The Kier molecular flexibility index (Phi) is 3.96. The van der Waals surface area contributed by atoms with E-state index in [9.17, 15) is 13.2 Å². The van der Waals surface area contributed by atoms with Crippen LogP contribution in [0.25, 0.3) is 0 Å². The maximum atomic E-state index is 12.9. The summed E-state index contributed by atoms with van der Waals surface area (Å²) in [5.41, 5.74) is -0.698. The standard InChI is InChI=1S/C12H17F3N2S/c1-3-7(2)11-17-10(12(13,14)15)9(18-11)6-16-8-4-5-8/h7-8,16H,3-6H2,1-2H3. The van der Waals surface area contributed by atoms with Crippen LogP contribution in [0.2, 0.25) is 0 Å². The maximum absolute atomic E-state index is 12.9. The molecule has 0 radical (unpaired) electrons. The predicted molar refractivity (Wildman–Crippen MR) is 65.7 cm³/mol. The van der Waals surface area contributed by atoms with Crippen LogP contribution in [0.3, 0.4) is 0 Å². The second kappa shape index (κ2) is 5.17. The minimum Gasteiger partial charge on any atom is -0.309 e. The molecule has 1 aromatic heterocycles. The van der Waals surface area contributed by atoms with E-state index in [1.807, 2.05) is 13.8 Å². The predicted octanol–water partition coefficient (Wildman–Crippen LogP) is 3.93. The molecule has 1 fully saturated rings. The average molecular weight is 278 g/mol. The molecule has 2 rings (SSSR count). The van der Waals surface area contributed by atoms with Crippen molar-refractivity contribution in [2.24, 2.45) is 0 Å². The van der Waals surface area contributed by atoms with Gasteiger partial charge in [0.1, 0.15) is 0 Å². The van der Waals surface area contributed by atoms with Crippen molar-refractivity contribution in [3.63, 3.8) is 0 Å². The molecule has 0 bridgehead atoms. The number of hydrogen-bond donors (Lipinski definition) is 1. The summed E-state index contributed by atoms with van der Waals surface area (Å²) in [4.78, 5) is 4.13. The Morgan fingerprint density at radius 1 is 1.44 bits per heavy atom. The molecule has 18 heavy (non-hydrogen) atoms. The van der Waals surface area contributed by atoms with Gasteiger partial charge in [0.15, 0.2) is 5.69 Å². The van der Waals surface area contributed by atoms with Gasteiger partial charge in [-0.2, -0.15) is 13.2 Å². The van der Waals surface area contributed by atoms with Crippen molar-refractivity contribution in [2.45, 2.75) is 57.8 Å². The van der Waals surface area contributed by atoms with Crippen molar-refractivity contribution in [3.8, 4) is 0 Å². The van der Waals surface area contributed by atoms with Crippen LogP contribution in [0.5, 0.6) is 0 Å². The molecule has 1 atom stereocenters. The van der Waals surface area contributed by atoms with Gasteiger partial charge in [-0.15, -0.1) is 11.3 Å². The van der Waals surface area contributed by atoms with Crippen molar-refractivity contribution in [2.75, 3.05) is 0 Å². The molecule has 0 amide bonds. The second-order valence-corrected chi connectivity index (χ2v) is 5.90. The molecule has 1 aliphatic carbocycles. The molecule has 1 N–H and O–H groups in total. The lowest BCUT2D eigenvalue weighted by molar-refractivity contribution is -0.141. The fourth-order valence-corrected chi connectivity index (χ4v) is 2.79. The van der Waals surface area contributed by atoms with E-state index >= 15 is 0 Å². The van der Waals surface area contributed by atoms with E-state index in [0.717, 1.165) is 19.3 Å². The summed E-state index contributed by atoms with van der Waals surface area (Å²) in [7, 11) is 0. The molecular weight excluding hydrogens is 261 g/mol. The third-order valence-corrected chi connectivity index (χ3v) is 4.43.